The average Bonchev–Trinajstić information content (AvgIpc) is 2.26. The maximum absolute atomic E-state index is 11.1. The largest absolute Gasteiger partial charge is 0.481 e. The van der Waals surface area contributed by atoms with Crippen LogP contribution in [0, 0.1) is 10.1 Å². The number of carboxylic acids is 1. The maximum atomic E-state index is 11.1. The number of nitro groups is 1. The van der Waals surface area contributed by atoms with Crippen molar-refractivity contribution in [2.75, 3.05) is 0 Å². The van der Waals surface area contributed by atoms with Crippen LogP contribution in [0.1, 0.15) is 12.0 Å². The second-order valence-electron chi connectivity index (χ2n) is 3.34. The van der Waals surface area contributed by atoms with E-state index in [0.717, 1.165) is 6.08 Å². The monoisotopic (exact) mass is 269 g/mol. The molecule has 0 saturated heterocycles. The van der Waals surface area contributed by atoms with Gasteiger partial charge in [0.25, 0.3) is 5.69 Å². The number of aliphatic carboxylic acids is 1. The predicted molar refractivity (Wildman–Crippen MR) is 64.4 cm³/mol. The fourth-order valence-corrected chi connectivity index (χ4v) is 1.36. The molecule has 1 N–H and O–H groups in total. The molecule has 0 radical (unpaired) electrons. The number of allylic oxidation sites excluding steroid dienone is 1. The van der Waals surface area contributed by atoms with Crippen LogP contribution in [0.4, 0.5) is 5.69 Å². The normalized spacial score (nSPS) is 10.5. The Hall–Kier alpha value is -2.21. The summed E-state index contributed by atoms with van der Waals surface area (Å²) in [7, 11) is 0. The minimum Gasteiger partial charge on any atom is -0.481 e. The fourth-order valence-electron chi connectivity index (χ4n) is 1.17. The highest BCUT2D eigenvalue weighted by Crippen LogP contribution is 2.25. The number of ketones is 1. The Morgan fingerprint density at radius 3 is 2.67 bits per heavy atom. The number of carbonyl (C=O) groups is 2. The van der Waals surface area contributed by atoms with Crippen molar-refractivity contribution in [3.8, 4) is 0 Å². The summed E-state index contributed by atoms with van der Waals surface area (Å²) in [4.78, 5) is 31.3. The number of nitrogens with zero attached hydrogens (tertiary/aromatic N) is 1. The highest BCUT2D eigenvalue weighted by molar-refractivity contribution is 6.32. The van der Waals surface area contributed by atoms with E-state index in [-0.39, 0.29) is 10.7 Å². The molecule has 7 heteroatoms. The molecule has 6 nitrogen and oxygen atoms in total. The van der Waals surface area contributed by atoms with Gasteiger partial charge in [-0.25, -0.2) is 0 Å². The van der Waals surface area contributed by atoms with E-state index >= 15 is 0 Å². The van der Waals surface area contributed by atoms with E-state index in [9.17, 15) is 19.7 Å². The van der Waals surface area contributed by atoms with E-state index in [0.29, 0.717) is 5.56 Å². The van der Waals surface area contributed by atoms with E-state index in [1.807, 2.05) is 0 Å². The molecule has 94 valence electrons. The number of carbonyl (C=O) groups excluding carboxylic acids is 1. The van der Waals surface area contributed by atoms with Crippen LogP contribution in [0.15, 0.2) is 24.3 Å². The van der Waals surface area contributed by atoms with Gasteiger partial charge in [-0.3, -0.25) is 19.7 Å². The van der Waals surface area contributed by atoms with E-state index < -0.39 is 23.1 Å². The van der Waals surface area contributed by atoms with Crippen molar-refractivity contribution in [1.29, 1.82) is 0 Å². The average molecular weight is 270 g/mol. The maximum Gasteiger partial charge on any atom is 0.311 e. The number of nitro benzene ring substituents is 1. The number of benzene rings is 1. The molecule has 18 heavy (non-hydrogen) atoms. The molecule has 1 aromatic rings. The minimum absolute atomic E-state index is 0.00554. The molecule has 1 aromatic carbocycles. The minimum atomic E-state index is -1.23. The van der Waals surface area contributed by atoms with Gasteiger partial charge in [-0.05, 0) is 17.7 Å². The van der Waals surface area contributed by atoms with Crippen molar-refractivity contribution >= 4 is 35.1 Å². The van der Waals surface area contributed by atoms with Crippen LogP contribution in [0.25, 0.3) is 6.08 Å². The smallest absolute Gasteiger partial charge is 0.311 e. The van der Waals surface area contributed by atoms with Gasteiger partial charge in [0, 0.05) is 6.07 Å². The number of rotatable bonds is 5. The van der Waals surface area contributed by atoms with Gasteiger partial charge in [-0.1, -0.05) is 23.7 Å². The predicted octanol–water partition coefficient (Wildman–Crippen LogP) is 2.31. The van der Waals surface area contributed by atoms with Crippen LogP contribution >= 0.6 is 11.6 Å². The second-order valence-corrected chi connectivity index (χ2v) is 3.75. The van der Waals surface area contributed by atoms with Crippen LogP contribution in [0.2, 0.25) is 5.02 Å². The molecule has 0 saturated carbocycles. The van der Waals surface area contributed by atoms with Gasteiger partial charge in [-0.15, -0.1) is 0 Å². The van der Waals surface area contributed by atoms with Crippen LogP contribution in [0.5, 0.6) is 0 Å². The Labute approximate surface area is 107 Å². The molecule has 0 aromatic heterocycles. The van der Waals surface area contributed by atoms with Gasteiger partial charge in [0.15, 0.2) is 5.78 Å². The lowest BCUT2D eigenvalue weighted by Crippen LogP contribution is -2.02. The summed E-state index contributed by atoms with van der Waals surface area (Å²) in [5, 5.41) is 19.0. The number of halogens is 1. The Morgan fingerprint density at radius 1 is 1.44 bits per heavy atom. The highest BCUT2D eigenvalue weighted by atomic mass is 35.5. The Bertz CT molecular complexity index is 538. The van der Waals surface area contributed by atoms with Crippen LogP contribution in [0.3, 0.4) is 0 Å². The van der Waals surface area contributed by atoms with Gasteiger partial charge in [0.05, 0.1) is 4.92 Å². The van der Waals surface area contributed by atoms with Gasteiger partial charge < -0.3 is 5.11 Å². The second kappa shape index (κ2) is 5.92. The molecule has 0 unspecified atom stereocenters. The molecule has 0 bridgehead atoms. The lowest BCUT2D eigenvalue weighted by molar-refractivity contribution is -0.384. The van der Waals surface area contributed by atoms with Gasteiger partial charge in [-0.2, -0.15) is 0 Å². The molecule has 0 aliphatic heterocycles. The first kappa shape index (κ1) is 13.9. The molecule has 0 amide bonds. The van der Waals surface area contributed by atoms with Crippen LogP contribution < -0.4 is 0 Å². The van der Waals surface area contributed by atoms with Crippen LogP contribution in [-0.4, -0.2) is 21.8 Å². The molecular formula is C11H8ClNO5. The third-order valence-electron chi connectivity index (χ3n) is 1.95. The third kappa shape index (κ3) is 3.99. The van der Waals surface area contributed by atoms with Gasteiger partial charge >= 0.3 is 5.97 Å². The SMILES string of the molecule is O=C(O)CC(=O)C=Cc1ccc(Cl)c([N+](=O)[O-])c1. The Kier molecular flexibility index (Phi) is 4.56. The summed E-state index contributed by atoms with van der Waals surface area (Å²) >= 11 is 5.61. The quantitative estimate of drug-likeness (QED) is 0.383. The van der Waals surface area contributed by atoms with Crippen molar-refractivity contribution in [1.82, 2.24) is 0 Å². The summed E-state index contributed by atoms with van der Waals surface area (Å²) in [5.41, 5.74) is 0.120. The topological polar surface area (TPSA) is 97.5 Å². The zero-order valence-corrected chi connectivity index (χ0v) is 9.76. The Balaban J connectivity index is 2.89. The molecule has 0 aliphatic rings. The first-order chi connectivity index (χ1) is 8.40. The summed E-state index contributed by atoms with van der Waals surface area (Å²) < 4.78 is 0. The van der Waals surface area contributed by atoms with Crippen molar-refractivity contribution in [2.24, 2.45) is 0 Å². The number of hydrogen-bond acceptors (Lipinski definition) is 4. The lowest BCUT2D eigenvalue weighted by Gasteiger charge is -1.97. The summed E-state index contributed by atoms with van der Waals surface area (Å²) in [5.74, 6) is -1.83. The van der Waals surface area contributed by atoms with Crippen molar-refractivity contribution in [2.45, 2.75) is 6.42 Å². The molecular weight excluding hydrogens is 262 g/mol. The first-order valence-corrected chi connectivity index (χ1v) is 5.14. The van der Waals surface area contributed by atoms with Crippen molar-refractivity contribution in [3.63, 3.8) is 0 Å². The summed E-state index contributed by atoms with van der Waals surface area (Å²) in [6.07, 6.45) is 1.74. The standard InChI is InChI=1S/C11H8ClNO5/c12-9-4-2-7(5-10(9)13(17)18)1-3-8(14)6-11(15)16/h1-5H,6H2,(H,15,16). The van der Waals surface area contributed by atoms with Crippen LogP contribution in [-0.2, 0) is 9.59 Å². The van der Waals surface area contributed by atoms with E-state index in [2.05, 4.69) is 0 Å². The fraction of sp³-hybridized carbons (Fsp3) is 0.0909. The molecule has 1 rings (SSSR count). The van der Waals surface area contributed by atoms with E-state index in [1.54, 1.807) is 0 Å². The Morgan fingerprint density at radius 2 is 2.11 bits per heavy atom. The highest BCUT2D eigenvalue weighted by Gasteiger charge is 2.11. The van der Waals surface area contributed by atoms with Gasteiger partial charge in [0.1, 0.15) is 11.4 Å². The van der Waals surface area contributed by atoms with Crippen molar-refractivity contribution in [3.05, 3.63) is 45.0 Å². The van der Waals surface area contributed by atoms with E-state index in [1.165, 1.54) is 24.3 Å². The number of carboxylic acid groups (broad SMARTS) is 1. The van der Waals surface area contributed by atoms with Crippen molar-refractivity contribution < 1.29 is 19.6 Å². The summed E-state index contributed by atoms with van der Waals surface area (Å²) in [6.45, 7) is 0. The molecule has 0 heterocycles. The number of hydrogen-bond donors (Lipinski definition) is 1. The molecule has 0 spiro atoms. The zero-order chi connectivity index (χ0) is 13.7. The molecule has 0 fully saturated rings. The third-order valence-corrected chi connectivity index (χ3v) is 2.27. The first-order valence-electron chi connectivity index (χ1n) is 4.77. The van der Waals surface area contributed by atoms with Gasteiger partial charge in [0.2, 0.25) is 0 Å². The molecule has 0 atom stereocenters. The zero-order valence-electron chi connectivity index (χ0n) is 9.00. The lowest BCUT2D eigenvalue weighted by atomic mass is 10.1. The van der Waals surface area contributed by atoms with E-state index in [4.69, 9.17) is 16.7 Å². The summed E-state index contributed by atoms with van der Waals surface area (Å²) in [6, 6.07) is 4.02. The molecule has 0 aliphatic carbocycles.